The molecule has 2 N–H and O–H groups in total. The third-order valence-electron chi connectivity index (χ3n) is 4.20. The molecule has 25 heavy (non-hydrogen) atoms. The monoisotopic (exact) mass is 348 g/mol. The molecule has 0 aromatic heterocycles. The Balaban J connectivity index is 1.99. The Bertz CT molecular complexity index is 661. The first-order valence-electron chi connectivity index (χ1n) is 8.25. The van der Waals surface area contributed by atoms with E-state index in [1.165, 1.54) is 7.11 Å². The maximum atomic E-state index is 12.3. The second-order valence-corrected chi connectivity index (χ2v) is 6.54. The maximum absolute atomic E-state index is 12.3. The van der Waals surface area contributed by atoms with E-state index in [-0.39, 0.29) is 37.8 Å². The molecule has 1 aliphatic rings. The number of amides is 2. The Labute approximate surface area is 147 Å². The van der Waals surface area contributed by atoms with Crippen LogP contribution in [0.2, 0.25) is 0 Å². The maximum Gasteiger partial charge on any atom is 0.305 e. The van der Waals surface area contributed by atoms with E-state index in [9.17, 15) is 14.4 Å². The standard InChI is InChI=1S/C18H24N2O5/c1-18(12-25-2,11-17(23)24)19-15(21)9-10-20-14-6-4-3-5-13(14)7-8-16(20)22/h3-6H,7-12H2,1-2H3,(H,19,21)(H,23,24). The molecule has 0 spiro atoms. The van der Waals surface area contributed by atoms with Gasteiger partial charge in [0.1, 0.15) is 0 Å². The number of carboxylic acids is 1. The van der Waals surface area contributed by atoms with Crippen LogP contribution in [0.1, 0.15) is 31.7 Å². The number of nitrogens with zero attached hydrogens (tertiary/aromatic N) is 1. The Morgan fingerprint density at radius 2 is 2.04 bits per heavy atom. The molecule has 0 saturated heterocycles. The average Bonchev–Trinajstić information content (AvgIpc) is 2.53. The molecular weight excluding hydrogens is 324 g/mol. The highest BCUT2D eigenvalue weighted by Gasteiger charge is 2.30. The first-order chi connectivity index (χ1) is 11.8. The van der Waals surface area contributed by atoms with E-state index in [0.29, 0.717) is 12.8 Å². The molecule has 1 heterocycles. The van der Waals surface area contributed by atoms with Crippen LogP contribution in [0.5, 0.6) is 0 Å². The third-order valence-corrected chi connectivity index (χ3v) is 4.20. The summed E-state index contributed by atoms with van der Waals surface area (Å²) in [6.45, 7) is 1.98. The van der Waals surface area contributed by atoms with Gasteiger partial charge in [-0.25, -0.2) is 0 Å². The van der Waals surface area contributed by atoms with Gasteiger partial charge in [-0.3, -0.25) is 14.4 Å². The lowest BCUT2D eigenvalue weighted by atomic mass is 9.98. The van der Waals surface area contributed by atoms with Crippen molar-refractivity contribution in [3.05, 3.63) is 29.8 Å². The number of methoxy groups -OCH3 is 1. The molecule has 1 aromatic rings. The van der Waals surface area contributed by atoms with Gasteiger partial charge in [0.2, 0.25) is 11.8 Å². The fourth-order valence-corrected chi connectivity index (χ4v) is 3.14. The second-order valence-electron chi connectivity index (χ2n) is 6.54. The van der Waals surface area contributed by atoms with Crippen molar-refractivity contribution < 1.29 is 24.2 Å². The number of rotatable bonds is 8. The molecule has 2 rings (SSSR count). The zero-order valence-corrected chi connectivity index (χ0v) is 14.6. The van der Waals surface area contributed by atoms with E-state index in [0.717, 1.165) is 11.3 Å². The predicted molar refractivity (Wildman–Crippen MR) is 92.4 cm³/mol. The molecule has 0 aliphatic carbocycles. The number of para-hydroxylation sites is 1. The van der Waals surface area contributed by atoms with Crippen LogP contribution < -0.4 is 10.2 Å². The van der Waals surface area contributed by atoms with Crippen molar-refractivity contribution in [2.45, 2.75) is 38.1 Å². The minimum atomic E-state index is -1.01. The quantitative estimate of drug-likeness (QED) is 0.739. The van der Waals surface area contributed by atoms with Crippen LogP contribution in [0, 0.1) is 0 Å². The predicted octanol–water partition coefficient (Wildman–Crippen LogP) is 1.35. The van der Waals surface area contributed by atoms with Gasteiger partial charge in [-0.1, -0.05) is 18.2 Å². The van der Waals surface area contributed by atoms with E-state index in [1.54, 1.807) is 11.8 Å². The number of benzene rings is 1. The van der Waals surface area contributed by atoms with Gasteiger partial charge in [0, 0.05) is 32.2 Å². The molecule has 136 valence electrons. The summed E-state index contributed by atoms with van der Waals surface area (Å²) in [5, 5.41) is 11.7. The van der Waals surface area contributed by atoms with Crippen LogP contribution >= 0.6 is 0 Å². The zero-order valence-electron chi connectivity index (χ0n) is 14.6. The van der Waals surface area contributed by atoms with E-state index >= 15 is 0 Å². The molecule has 7 heteroatoms. The third kappa shape index (κ3) is 5.03. The lowest BCUT2D eigenvalue weighted by Gasteiger charge is -2.31. The number of carboxylic acid groups (broad SMARTS) is 1. The summed E-state index contributed by atoms with van der Waals surface area (Å²) in [6, 6.07) is 7.66. The van der Waals surface area contributed by atoms with Crippen LogP contribution in [0.3, 0.4) is 0 Å². The average molecular weight is 348 g/mol. The molecule has 2 amide bonds. The van der Waals surface area contributed by atoms with Crippen molar-refractivity contribution in [1.29, 1.82) is 0 Å². The van der Waals surface area contributed by atoms with Gasteiger partial charge < -0.3 is 20.1 Å². The number of nitrogens with one attached hydrogen (secondary N) is 1. The van der Waals surface area contributed by atoms with Crippen LogP contribution in [0.15, 0.2) is 24.3 Å². The van der Waals surface area contributed by atoms with Crippen LogP contribution in [-0.2, 0) is 25.5 Å². The Kier molecular flexibility index (Phi) is 6.14. The Hall–Kier alpha value is -2.41. The zero-order chi connectivity index (χ0) is 18.4. The molecular formula is C18H24N2O5. The lowest BCUT2D eigenvalue weighted by Crippen LogP contribution is -2.51. The van der Waals surface area contributed by atoms with Crippen molar-refractivity contribution in [3.63, 3.8) is 0 Å². The van der Waals surface area contributed by atoms with Gasteiger partial charge >= 0.3 is 5.97 Å². The summed E-state index contributed by atoms with van der Waals surface area (Å²) in [7, 11) is 1.45. The highest BCUT2D eigenvalue weighted by Crippen LogP contribution is 2.27. The molecule has 1 unspecified atom stereocenters. The molecule has 1 atom stereocenters. The Morgan fingerprint density at radius 1 is 1.32 bits per heavy atom. The van der Waals surface area contributed by atoms with E-state index in [1.807, 2.05) is 24.3 Å². The van der Waals surface area contributed by atoms with Gasteiger partial charge in [0.15, 0.2) is 0 Å². The molecule has 0 bridgehead atoms. The van der Waals surface area contributed by atoms with E-state index in [2.05, 4.69) is 5.32 Å². The minimum absolute atomic E-state index is 0.00307. The first kappa shape index (κ1) is 18.9. The first-order valence-corrected chi connectivity index (χ1v) is 8.25. The Morgan fingerprint density at radius 3 is 2.72 bits per heavy atom. The highest BCUT2D eigenvalue weighted by molar-refractivity contribution is 5.97. The number of fused-ring (bicyclic) bond motifs is 1. The van der Waals surface area contributed by atoms with Crippen molar-refractivity contribution in [2.75, 3.05) is 25.2 Å². The molecule has 1 aromatic carbocycles. The van der Waals surface area contributed by atoms with Crippen molar-refractivity contribution in [2.24, 2.45) is 0 Å². The summed E-state index contributed by atoms with van der Waals surface area (Å²) in [4.78, 5) is 37.1. The smallest absolute Gasteiger partial charge is 0.305 e. The van der Waals surface area contributed by atoms with Crippen molar-refractivity contribution in [1.82, 2.24) is 5.32 Å². The summed E-state index contributed by atoms with van der Waals surface area (Å²) in [5.41, 5.74) is 0.955. The van der Waals surface area contributed by atoms with E-state index in [4.69, 9.17) is 9.84 Å². The van der Waals surface area contributed by atoms with Crippen molar-refractivity contribution in [3.8, 4) is 0 Å². The fourth-order valence-electron chi connectivity index (χ4n) is 3.14. The van der Waals surface area contributed by atoms with Crippen LogP contribution in [0.25, 0.3) is 0 Å². The number of aryl methyl sites for hydroxylation is 1. The van der Waals surface area contributed by atoms with Gasteiger partial charge in [0.05, 0.1) is 18.6 Å². The van der Waals surface area contributed by atoms with Crippen LogP contribution in [0.4, 0.5) is 5.69 Å². The van der Waals surface area contributed by atoms with Gasteiger partial charge in [0.25, 0.3) is 0 Å². The number of hydrogen-bond acceptors (Lipinski definition) is 4. The normalized spacial score (nSPS) is 16.1. The summed E-state index contributed by atoms with van der Waals surface area (Å²) >= 11 is 0. The molecule has 0 fully saturated rings. The number of carbonyl (C=O) groups is 3. The van der Waals surface area contributed by atoms with E-state index < -0.39 is 11.5 Å². The summed E-state index contributed by atoms with van der Waals surface area (Å²) < 4.78 is 5.02. The topological polar surface area (TPSA) is 95.9 Å². The fraction of sp³-hybridized carbons (Fsp3) is 0.500. The van der Waals surface area contributed by atoms with Gasteiger partial charge in [-0.2, -0.15) is 0 Å². The number of carbonyl (C=O) groups excluding carboxylic acids is 2. The molecule has 0 saturated carbocycles. The molecule has 7 nitrogen and oxygen atoms in total. The minimum Gasteiger partial charge on any atom is -0.481 e. The number of aliphatic carboxylic acids is 1. The number of ether oxygens (including phenoxy) is 1. The lowest BCUT2D eigenvalue weighted by molar-refractivity contribution is -0.139. The largest absolute Gasteiger partial charge is 0.481 e. The van der Waals surface area contributed by atoms with Gasteiger partial charge in [-0.05, 0) is 25.0 Å². The molecule has 0 radical (unpaired) electrons. The van der Waals surface area contributed by atoms with Crippen LogP contribution in [-0.4, -0.2) is 48.7 Å². The van der Waals surface area contributed by atoms with Gasteiger partial charge in [-0.15, -0.1) is 0 Å². The van der Waals surface area contributed by atoms with Crippen molar-refractivity contribution >= 4 is 23.5 Å². The number of anilines is 1. The summed E-state index contributed by atoms with van der Waals surface area (Å²) in [6.07, 6.45) is 0.998. The number of hydrogen-bond donors (Lipinski definition) is 2. The molecule has 1 aliphatic heterocycles. The highest BCUT2D eigenvalue weighted by atomic mass is 16.5. The summed E-state index contributed by atoms with van der Waals surface area (Å²) in [5.74, 6) is -1.33. The SMILES string of the molecule is COCC(C)(CC(=O)O)NC(=O)CCN1C(=O)CCc2ccccc21. The second kappa shape index (κ2) is 8.11.